The van der Waals surface area contributed by atoms with E-state index in [1.165, 1.54) is 0 Å². The Balaban J connectivity index is 1.81. The maximum atomic E-state index is 12.2. The Bertz CT molecular complexity index is 1080. The van der Waals surface area contributed by atoms with E-state index in [0.29, 0.717) is 29.0 Å². The summed E-state index contributed by atoms with van der Waals surface area (Å²) in [5.41, 5.74) is 2.74. The summed E-state index contributed by atoms with van der Waals surface area (Å²) in [5, 5.41) is 4.03. The van der Waals surface area contributed by atoms with Crippen molar-refractivity contribution in [1.29, 1.82) is 0 Å². The molecule has 1 aromatic carbocycles. The number of pyridine rings is 1. The fourth-order valence-electron chi connectivity index (χ4n) is 2.69. The van der Waals surface area contributed by atoms with Gasteiger partial charge < -0.3 is 14.5 Å². The first kappa shape index (κ1) is 16.0. The van der Waals surface area contributed by atoms with Crippen LogP contribution in [0.2, 0.25) is 0 Å². The first-order chi connectivity index (χ1) is 12.8. The van der Waals surface area contributed by atoms with E-state index in [4.69, 9.17) is 9.15 Å². The minimum atomic E-state index is -0.566. The molecular weight excluding hydrogens is 332 g/mol. The summed E-state index contributed by atoms with van der Waals surface area (Å²) in [6.07, 6.45) is 3.47. The monoisotopic (exact) mass is 348 g/mol. The average Bonchev–Trinajstić information content (AvgIpc) is 3.06. The molecule has 4 aromatic rings. The molecule has 26 heavy (non-hydrogen) atoms. The Kier molecular flexibility index (Phi) is 4.18. The second-order valence-electron chi connectivity index (χ2n) is 5.61. The molecule has 0 spiro atoms. The highest BCUT2D eigenvalue weighted by Crippen LogP contribution is 2.31. The number of para-hydroxylation sites is 1. The third-order valence-electron chi connectivity index (χ3n) is 3.86. The van der Waals surface area contributed by atoms with Crippen LogP contribution in [0.15, 0.2) is 53.2 Å². The van der Waals surface area contributed by atoms with E-state index in [1.807, 2.05) is 36.4 Å². The van der Waals surface area contributed by atoms with E-state index < -0.39 is 5.97 Å². The number of furan rings is 1. The van der Waals surface area contributed by atoms with Crippen molar-refractivity contribution in [2.75, 3.05) is 11.9 Å². The number of hydrogen-bond acceptors (Lipinski definition) is 7. The number of nitrogens with one attached hydrogen (secondary N) is 1. The lowest BCUT2D eigenvalue weighted by Gasteiger charge is -2.07. The molecule has 0 radical (unpaired) electrons. The van der Waals surface area contributed by atoms with Crippen LogP contribution in [0.4, 0.5) is 5.82 Å². The van der Waals surface area contributed by atoms with Crippen LogP contribution in [0, 0.1) is 0 Å². The molecule has 130 valence electrons. The van der Waals surface area contributed by atoms with Crippen molar-refractivity contribution in [3.05, 3.63) is 60.2 Å². The van der Waals surface area contributed by atoms with E-state index in [-0.39, 0.29) is 12.4 Å². The van der Waals surface area contributed by atoms with Gasteiger partial charge in [-0.3, -0.25) is 4.98 Å². The van der Waals surface area contributed by atoms with Gasteiger partial charge in [0.15, 0.2) is 11.4 Å². The van der Waals surface area contributed by atoms with Crippen molar-refractivity contribution in [3.63, 3.8) is 0 Å². The Labute approximate surface area is 149 Å². The minimum absolute atomic E-state index is 0.000380. The van der Waals surface area contributed by atoms with Crippen LogP contribution in [0.5, 0.6) is 0 Å². The summed E-state index contributed by atoms with van der Waals surface area (Å²) in [6, 6.07) is 11.3. The number of ether oxygens (including phenoxy) is 1. The lowest BCUT2D eigenvalue weighted by molar-refractivity contribution is 0.0512. The fourth-order valence-corrected chi connectivity index (χ4v) is 2.69. The van der Waals surface area contributed by atoms with E-state index in [1.54, 1.807) is 19.3 Å². The number of fused-ring (bicyclic) bond motifs is 3. The number of rotatable bonds is 5. The summed E-state index contributed by atoms with van der Waals surface area (Å²) >= 11 is 0. The number of benzene rings is 1. The maximum absolute atomic E-state index is 12.2. The zero-order valence-electron chi connectivity index (χ0n) is 14.1. The molecule has 0 saturated heterocycles. The van der Waals surface area contributed by atoms with Gasteiger partial charge in [0, 0.05) is 24.3 Å². The van der Waals surface area contributed by atoms with Crippen LogP contribution < -0.4 is 5.32 Å². The van der Waals surface area contributed by atoms with Crippen LogP contribution in [0.1, 0.15) is 23.1 Å². The number of carbonyl (C=O) groups excluding carboxylic acids is 1. The second kappa shape index (κ2) is 6.79. The fraction of sp³-hybridized carbons (Fsp3) is 0.158. The molecule has 0 bridgehead atoms. The number of esters is 1. The van der Waals surface area contributed by atoms with Gasteiger partial charge in [0.25, 0.3) is 0 Å². The van der Waals surface area contributed by atoms with Crippen molar-refractivity contribution in [2.45, 2.75) is 13.5 Å². The third kappa shape index (κ3) is 2.95. The predicted molar refractivity (Wildman–Crippen MR) is 96.8 cm³/mol. The molecule has 0 atom stereocenters. The molecule has 0 amide bonds. The molecule has 0 fully saturated rings. The van der Waals surface area contributed by atoms with Crippen LogP contribution in [0.3, 0.4) is 0 Å². The highest BCUT2D eigenvalue weighted by molar-refractivity contribution is 6.06. The molecule has 0 aliphatic heterocycles. The number of carbonyl (C=O) groups is 1. The molecular formula is C19H16N4O3. The minimum Gasteiger partial charge on any atom is -0.460 e. The molecule has 7 nitrogen and oxygen atoms in total. The van der Waals surface area contributed by atoms with Gasteiger partial charge in [-0.2, -0.15) is 0 Å². The number of nitrogens with zero attached hydrogens (tertiary/aromatic N) is 3. The van der Waals surface area contributed by atoms with Gasteiger partial charge in [-0.1, -0.05) is 18.2 Å². The van der Waals surface area contributed by atoms with Gasteiger partial charge in [0.1, 0.15) is 11.1 Å². The lowest BCUT2D eigenvalue weighted by atomic mass is 10.2. The largest absolute Gasteiger partial charge is 0.460 e. The van der Waals surface area contributed by atoms with Gasteiger partial charge in [0.05, 0.1) is 6.61 Å². The summed E-state index contributed by atoms with van der Waals surface area (Å²) in [7, 11) is 0. The molecule has 7 heteroatoms. The molecule has 3 aromatic heterocycles. The predicted octanol–water partition coefficient (Wildman–Crippen LogP) is 3.56. The Morgan fingerprint density at radius 1 is 1.19 bits per heavy atom. The molecule has 1 N–H and O–H groups in total. The third-order valence-corrected chi connectivity index (χ3v) is 3.86. The molecule has 0 aliphatic carbocycles. The Morgan fingerprint density at radius 2 is 2.08 bits per heavy atom. The van der Waals surface area contributed by atoms with Crippen LogP contribution >= 0.6 is 0 Å². The summed E-state index contributed by atoms with van der Waals surface area (Å²) in [6.45, 7) is 2.48. The lowest BCUT2D eigenvalue weighted by Crippen LogP contribution is -2.12. The van der Waals surface area contributed by atoms with Gasteiger partial charge in [-0.25, -0.2) is 14.8 Å². The number of hydrogen-bond donors (Lipinski definition) is 1. The van der Waals surface area contributed by atoms with Crippen LogP contribution in [-0.4, -0.2) is 27.5 Å². The quantitative estimate of drug-likeness (QED) is 0.551. The normalized spacial score (nSPS) is 11.0. The summed E-state index contributed by atoms with van der Waals surface area (Å²) in [4.78, 5) is 24.9. The van der Waals surface area contributed by atoms with Crippen LogP contribution in [0.25, 0.3) is 22.1 Å². The first-order valence-electron chi connectivity index (χ1n) is 8.25. The summed E-state index contributed by atoms with van der Waals surface area (Å²) in [5.74, 6) is -0.123. The van der Waals surface area contributed by atoms with Crippen molar-refractivity contribution < 1.29 is 13.9 Å². The van der Waals surface area contributed by atoms with Crippen molar-refractivity contribution >= 4 is 33.9 Å². The Hall–Kier alpha value is -3.48. The average molecular weight is 348 g/mol. The topological polar surface area (TPSA) is 90.1 Å². The van der Waals surface area contributed by atoms with E-state index in [2.05, 4.69) is 20.3 Å². The SMILES string of the molecule is CCOC(=O)c1nc(NCc2cccnc2)c2oc3ccccc3c2n1. The number of anilines is 1. The molecule has 3 heterocycles. The zero-order chi connectivity index (χ0) is 17.9. The highest BCUT2D eigenvalue weighted by atomic mass is 16.5. The molecule has 0 unspecified atom stereocenters. The maximum Gasteiger partial charge on any atom is 0.376 e. The van der Waals surface area contributed by atoms with E-state index in [9.17, 15) is 4.79 Å². The number of aromatic nitrogens is 3. The first-order valence-corrected chi connectivity index (χ1v) is 8.25. The molecule has 0 aliphatic rings. The Morgan fingerprint density at radius 3 is 2.88 bits per heavy atom. The van der Waals surface area contributed by atoms with Gasteiger partial charge in [-0.05, 0) is 30.7 Å². The van der Waals surface area contributed by atoms with Crippen molar-refractivity contribution in [2.24, 2.45) is 0 Å². The van der Waals surface area contributed by atoms with E-state index >= 15 is 0 Å². The smallest absolute Gasteiger partial charge is 0.376 e. The standard InChI is InChI=1S/C19H16N4O3/c1-2-25-19(24)18-22-15-13-7-3-4-8-14(13)26-16(15)17(23-18)21-11-12-6-5-9-20-10-12/h3-10H,2,11H2,1H3,(H,21,22,23). The van der Waals surface area contributed by atoms with Gasteiger partial charge >= 0.3 is 5.97 Å². The second-order valence-corrected chi connectivity index (χ2v) is 5.61. The van der Waals surface area contributed by atoms with Gasteiger partial charge in [-0.15, -0.1) is 0 Å². The van der Waals surface area contributed by atoms with Crippen LogP contribution in [-0.2, 0) is 11.3 Å². The zero-order valence-corrected chi connectivity index (χ0v) is 14.1. The van der Waals surface area contributed by atoms with Crippen molar-refractivity contribution in [3.8, 4) is 0 Å². The van der Waals surface area contributed by atoms with Gasteiger partial charge in [0.2, 0.25) is 5.82 Å². The summed E-state index contributed by atoms with van der Waals surface area (Å²) < 4.78 is 11.0. The highest BCUT2D eigenvalue weighted by Gasteiger charge is 2.19. The van der Waals surface area contributed by atoms with E-state index in [0.717, 1.165) is 10.9 Å². The molecule has 4 rings (SSSR count). The van der Waals surface area contributed by atoms with Crippen molar-refractivity contribution in [1.82, 2.24) is 15.0 Å². The molecule has 0 saturated carbocycles.